The summed E-state index contributed by atoms with van der Waals surface area (Å²) < 4.78 is 5.34. The van der Waals surface area contributed by atoms with Crippen molar-refractivity contribution >= 4 is 6.08 Å². The van der Waals surface area contributed by atoms with Crippen LogP contribution in [0.4, 0.5) is 0 Å². The first-order valence-electron chi connectivity index (χ1n) is 5.08. The van der Waals surface area contributed by atoms with Crippen LogP contribution in [0.25, 0.3) is 6.08 Å². The van der Waals surface area contributed by atoms with Gasteiger partial charge in [-0.15, -0.1) is 0 Å². The molecule has 2 nitrogen and oxygen atoms in total. The molecule has 2 atom stereocenters. The molecule has 0 unspecified atom stereocenters. The monoisotopic (exact) mass is 202 g/mol. The Morgan fingerprint density at radius 1 is 1.27 bits per heavy atom. The van der Waals surface area contributed by atoms with E-state index in [9.17, 15) is 5.11 Å². The quantitative estimate of drug-likeness (QED) is 0.797. The Labute approximate surface area is 89.5 Å². The molecule has 0 amide bonds. The summed E-state index contributed by atoms with van der Waals surface area (Å²) in [6, 6.07) is 10.0. The van der Waals surface area contributed by atoms with Crippen molar-refractivity contribution in [3.05, 3.63) is 54.3 Å². The fourth-order valence-electron chi connectivity index (χ4n) is 1.52. The van der Waals surface area contributed by atoms with Gasteiger partial charge >= 0.3 is 0 Å². The van der Waals surface area contributed by atoms with Crippen molar-refractivity contribution in [1.82, 2.24) is 0 Å². The maximum atomic E-state index is 9.38. The van der Waals surface area contributed by atoms with Gasteiger partial charge in [0.15, 0.2) is 0 Å². The SMILES string of the molecule is O[C@H]1C=CO[C@@H](C=Cc2ccccc2)C1. The van der Waals surface area contributed by atoms with Gasteiger partial charge < -0.3 is 9.84 Å². The van der Waals surface area contributed by atoms with E-state index in [-0.39, 0.29) is 12.2 Å². The Morgan fingerprint density at radius 3 is 2.80 bits per heavy atom. The van der Waals surface area contributed by atoms with Gasteiger partial charge in [0, 0.05) is 6.42 Å². The van der Waals surface area contributed by atoms with E-state index in [4.69, 9.17) is 4.74 Å². The molecule has 0 aromatic heterocycles. The molecule has 1 aliphatic heterocycles. The van der Waals surface area contributed by atoms with Gasteiger partial charge in [-0.2, -0.15) is 0 Å². The Hall–Kier alpha value is -1.54. The predicted octanol–water partition coefficient (Wildman–Crippen LogP) is 2.36. The van der Waals surface area contributed by atoms with Crippen molar-refractivity contribution in [2.24, 2.45) is 0 Å². The summed E-state index contributed by atoms with van der Waals surface area (Å²) >= 11 is 0. The first-order chi connectivity index (χ1) is 7.34. The summed E-state index contributed by atoms with van der Waals surface area (Å²) in [6.45, 7) is 0. The third kappa shape index (κ3) is 2.96. The van der Waals surface area contributed by atoms with Crippen LogP contribution >= 0.6 is 0 Å². The second-order valence-corrected chi connectivity index (χ2v) is 3.58. The van der Waals surface area contributed by atoms with E-state index in [1.165, 1.54) is 0 Å². The van der Waals surface area contributed by atoms with Crippen LogP contribution in [0.15, 0.2) is 48.7 Å². The number of aliphatic hydroxyl groups is 1. The van der Waals surface area contributed by atoms with Gasteiger partial charge in [-0.3, -0.25) is 0 Å². The zero-order chi connectivity index (χ0) is 10.5. The molecule has 0 spiro atoms. The molecule has 1 heterocycles. The molecule has 1 aromatic rings. The Morgan fingerprint density at radius 2 is 2.07 bits per heavy atom. The van der Waals surface area contributed by atoms with Crippen molar-refractivity contribution < 1.29 is 9.84 Å². The van der Waals surface area contributed by atoms with Gasteiger partial charge in [0.05, 0.1) is 12.4 Å². The molecule has 0 radical (unpaired) electrons. The number of ether oxygens (including phenoxy) is 1. The second-order valence-electron chi connectivity index (χ2n) is 3.58. The lowest BCUT2D eigenvalue weighted by Crippen LogP contribution is -2.19. The number of hydrogen-bond acceptors (Lipinski definition) is 2. The van der Waals surface area contributed by atoms with Crippen molar-refractivity contribution in [2.75, 3.05) is 0 Å². The Kier molecular flexibility index (Phi) is 3.20. The minimum absolute atomic E-state index is 0.0230. The van der Waals surface area contributed by atoms with E-state index in [0.29, 0.717) is 6.42 Å². The van der Waals surface area contributed by atoms with E-state index in [1.54, 1.807) is 12.3 Å². The fraction of sp³-hybridized carbons (Fsp3) is 0.231. The third-order valence-corrected chi connectivity index (χ3v) is 2.33. The van der Waals surface area contributed by atoms with Crippen molar-refractivity contribution in [2.45, 2.75) is 18.6 Å². The molecule has 2 rings (SSSR count). The lowest BCUT2D eigenvalue weighted by Gasteiger charge is -2.19. The van der Waals surface area contributed by atoms with E-state index in [1.807, 2.05) is 42.5 Å². The number of benzene rings is 1. The zero-order valence-electron chi connectivity index (χ0n) is 8.41. The summed E-state index contributed by atoms with van der Waals surface area (Å²) in [5, 5.41) is 9.38. The Bertz CT molecular complexity index is 354. The molecule has 0 fully saturated rings. The molecule has 1 N–H and O–H groups in total. The summed E-state index contributed by atoms with van der Waals surface area (Å²) in [5.74, 6) is 0. The Balaban J connectivity index is 1.97. The van der Waals surface area contributed by atoms with Crippen molar-refractivity contribution in [3.63, 3.8) is 0 Å². The highest BCUT2D eigenvalue weighted by Gasteiger charge is 2.13. The molecule has 0 bridgehead atoms. The average molecular weight is 202 g/mol. The summed E-state index contributed by atoms with van der Waals surface area (Å²) in [5.41, 5.74) is 1.14. The van der Waals surface area contributed by atoms with Crippen LogP contribution in [-0.2, 0) is 4.74 Å². The average Bonchev–Trinajstić information content (AvgIpc) is 2.28. The lowest BCUT2D eigenvalue weighted by atomic mass is 10.1. The highest BCUT2D eigenvalue weighted by atomic mass is 16.5. The molecular formula is C13H14O2. The van der Waals surface area contributed by atoms with Crippen LogP contribution in [0.1, 0.15) is 12.0 Å². The van der Waals surface area contributed by atoms with Gasteiger partial charge in [-0.1, -0.05) is 36.4 Å². The van der Waals surface area contributed by atoms with E-state index in [0.717, 1.165) is 5.56 Å². The van der Waals surface area contributed by atoms with Crippen LogP contribution in [0.5, 0.6) is 0 Å². The molecule has 78 valence electrons. The molecule has 1 aromatic carbocycles. The maximum absolute atomic E-state index is 9.38. The third-order valence-electron chi connectivity index (χ3n) is 2.33. The normalized spacial score (nSPS) is 25.4. The molecule has 0 saturated carbocycles. The van der Waals surface area contributed by atoms with Crippen LogP contribution in [0, 0.1) is 0 Å². The molecule has 0 saturated heterocycles. The van der Waals surface area contributed by atoms with Crippen molar-refractivity contribution in [1.29, 1.82) is 0 Å². The highest BCUT2D eigenvalue weighted by Crippen LogP contribution is 2.13. The second kappa shape index (κ2) is 4.80. The van der Waals surface area contributed by atoms with Gasteiger partial charge in [0.2, 0.25) is 0 Å². The molecule has 15 heavy (non-hydrogen) atoms. The number of aliphatic hydroxyl groups excluding tert-OH is 1. The van der Waals surface area contributed by atoms with E-state index >= 15 is 0 Å². The smallest absolute Gasteiger partial charge is 0.119 e. The maximum Gasteiger partial charge on any atom is 0.119 e. The predicted molar refractivity (Wildman–Crippen MR) is 60.1 cm³/mol. The van der Waals surface area contributed by atoms with Crippen LogP contribution in [-0.4, -0.2) is 17.3 Å². The van der Waals surface area contributed by atoms with E-state index < -0.39 is 0 Å². The first kappa shape index (κ1) is 9.99. The first-order valence-corrected chi connectivity index (χ1v) is 5.08. The summed E-state index contributed by atoms with van der Waals surface area (Å²) in [4.78, 5) is 0. The molecular weight excluding hydrogens is 188 g/mol. The van der Waals surface area contributed by atoms with E-state index in [2.05, 4.69) is 0 Å². The van der Waals surface area contributed by atoms with Crippen LogP contribution in [0.2, 0.25) is 0 Å². The standard InChI is InChI=1S/C13H14O2/c14-12-8-9-15-13(10-12)7-6-11-4-2-1-3-5-11/h1-9,12-14H,10H2/t12-,13-/m0/s1. The van der Waals surface area contributed by atoms with Crippen molar-refractivity contribution in [3.8, 4) is 0 Å². The van der Waals surface area contributed by atoms with Gasteiger partial charge in [0.25, 0.3) is 0 Å². The topological polar surface area (TPSA) is 29.5 Å². The molecule has 1 aliphatic rings. The largest absolute Gasteiger partial charge is 0.494 e. The van der Waals surface area contributed by atoms with Crippen LogP contribution in [0.3, 0.4) is 0 Å². The minimum atomic E-state index is -0.385. The molecule has 0 aliphatic carbocycles. The van der Waals surface area contributed by atoms with Gasteiger partial charge in [-0.05, 0) is 17.7 Å². The fourth-order valence-corrected chi connectivity index (χ4v) is 1.52. The zero-order valence-corrected chi connectivity index (χ0v) is 8.41. The minimum Gasteiger partial charge on any atom is -0.494 e. The summed E-state index contributed by atoms with van der Waals surface area (Å²) in [6.07, 6.45) is 7.42. The number of rotatable bonds is 2. The number of hydrogen-bond donors (Lipinski definition) is 1. The lowest BCUT2D eigenvalue weighted by molar-refractivity contribution is 0.0927. The highest BCUT2D eigenvalue weighted by molar-refractivity contribution is 5.49. The van der Waals surface area contributed by atoms with Crippen LogP contribution < -0.4 is 0 Å². The van der Waals surface area contributed by atoms with Gasteiger partial charge in [-0.25, -0.2) is 0 Å². The summed E-state index contributed by atoms with van der Waals surface area (Å²) in [7, 11) is 0. The molecule has 2 heteroatoms. The van der Waals surface area contributed by atoms with Gasteiger partial charge in [0.1, 0.15) is 6.10 Å².